The Bertz CT molecular complexity index is 1900. The molecule has 97 heavy (non-hydrogen) atoms. The zero-order valence-electron chi connectivity index (χ0n) is 63.7. The zero-order chi connectivity index (χ0) is 71.7. The van der Waals surface area contributed by atoms with Gasteiger partial charge in [-0.1, -0.05) is 344 Å². The first-order valence-corrected chi connectivity index (χ1v) is 43.2. The molecule has 0 spiro atoms. The van der Waals surface area contributed by atoms with E-state index in [9.17, 15) is 43.2 Å². The molecule has 0 aliphatic carbocycles. The summed E-state index contributed by atoms with van der Waals surface area (Å²) in [6, 6.07) is 0. The quantitative estimate of drug-likeness (QED) is 0.0222. The Balaban J connectivity index is 5.25. The first kappa shape index (κ1) is 95.1. The SMILES string of the molecule is CCC(C)CCCCCCCCCCCCCCCCC(=O)OC[C@H](COP(=O)(O)OCC(O)COP(=O)(O)OC[C@@H](COC(=O)CCCCCCCCCC(C)C)OC(=O)CCCCCCCCCCCCC(C)C)OC(=O)CCCCCCCCCCCCCCCC(C)C. The van der Waals surface area contributed by atoms with Gasteiger partial charge in [-0.25, -0.2) is 9.13 Å². The van der Waals surface area contributed by atoms with Crippen molar-refractivity contribution >= 4 is 39.5 Å². The zero-order valence-corrected chi connectivity index (χ0v) is 65.5. The molecular weight excluding hydrogens is 1270 g/mol. The van der Waals surface area contributed by atoms with Crippen LogP contribution in [0.5, 0.6) is 0 Å². The maximum absolute atomic E-state index is 13.1. The third-order valence-electron chi connectivity index (χ3n) is 18.4. The number of carbonyl (C=O) groups is 4. The molecular formula is C78H152O17P2. The molecule has 0 rings (SSSR count). The van der Waals surface area contributed by atoms with Crippen LogP contribution in [0.3, 0.4) is 0 Å². The lowest BCUT2D eigenvalue weighted by molar-refractivity contribution is -0.161. The van der Waals surface area contributed by atoms with E-state index in [-0.39, 0.29) is 25.7 Å². The number of carbonyl (C=O) groups excluding carboxylic acids is 4. The van der Waals surface area contributed by atoms with Gasteiger partial charge in [0.15, 0.2) is 12.2 Å². The molecule has 0 aliphatic rings. The van der Waals surface area contributed by atoms with Gasteiger partial charge in [0.2, 0.25) is 0 Å². The van der Waals surface area contributed by atoms with E-state index in [0.717, 1.165) is 114 Å². The van der Waals surface area contributed by atoms with Crippen molar-refractivity contribution < 1.29 is 80.2 Å². The number of phosphoric ester groups is 2. The van der Waals surface area contributed by atoms with E-state index >= 15 is 0 Å². The Labute approximate surface area is 594 Å². The van der Waals surface area contributed by atoms with Gasteiger partial charge in [-0.3, -0.25) is 37.3 Å². The number of hydrogen-bond acceptors (Lipinski definition) is 15. The highest BCUT2D eigenvalue weighted by Crippen LogP contribution is 2.45. The van der Waals surface area contributed by atoms with Gasteiger partial charge in [-0.2, -0.15) is 0 Å². The number of aliphatic hydroxyl groups is 1. The molecule has 19 heteroatoms. The van der Waals surface area contributed by atoms with Gasteiger partial charge in [0.05, 0.1) is 26.4 Å². The minimum Gasteiger partial charge on any atom is -0.462 e. The maximum atomic E-state index is 13.1. The smallest absolute Gasteiger partial charge is 0.462 e. The molecule has 0 fully saturated rings. The van der Waals surface area contributed by atoms with Crippen molar-refractivity contribution in [3.05, 3.63) is 0 Å². The number of hydrogen-bond donors (Lipinski definition) is 3. The van der Waals surface area contributed by atoms with Crippen LogP contribution in [0.25, 0.3) is 0 Å². The minimum absolute atomic E-state index is 0.105. The first-order valence-electron chi connectivity index (χ1n) is 40.2. The summed E-state index contributed by atoms with van der Waals surface area (Å²) in [6.07, 6.45) is 52.7. The number of phosphoric acid groups is 2. The number of unbranched alkanes of at least 4 members (excludes halogenated alkanes) is 40. The summed E-state index contributed by atoms with van der Waals surface area (Å²) in [6.45, 7) is 14.2. The van der Waals surface area contributed by atoms with Crippen molar-refractivity contribution in [3.63, 3.8) is 0 Å². The average molecular weight is 1420 g/mol. The highest BCUT2D eigenvalue weighted by Gasteiger charge is 2.30. The fraction of sp³-hybridized carbons (Fsp3) is 0.949. The molecule has 0 saturated carbocycles. The van der Waals surface area contributed by atoms with E-state index in [1.165, 1.54) is 193 Å². The molecule has 0 aromatic carbocycles. The number of rotatable bonds is 75. The number of aliphatic hydroxyl groups excluding tert-OH is 1. The fourth-order valence-electron chi connectivity index (χ4n) is 11.9. The lowest BCUT2D eigenvalue weighted by atomic mass is 9.99. The van der Waals surface area contributed by atoms with Crippen LogP contribution in [0.15, 0.2) is 0 Å². The van der Waals surface area contributed by atoms with E-state index in [1.807, 2.05) is 0 Å². The predicted molar refractivity (Wildman–Crippen MR) is 395 cm³/mol. The Kier molecular flexibility index (Phi) is 65.9. The molecule has 6 atom stereocenters. The van der Waals surface area contributed by atoms with Crippen LogP contribution in [-0.2, 0) is 65.4 Å². The molecule has 0 saturated heterocycles. The fourth-order valence-corrected chi connectivity index (χ4v) is 13.5. The molecule has 0 bridgehead atoms. The van der Waals surface area contributed by atoms with Crippen LogP contribution in [0.2, 0.25) is 0 Å². The monoisotopic (exact) mass is 1420 g/mol. The highest BCUT2D eigenvalue weighted by molar-refractivity contribution is 7.47. The molecule has 0 aliphatic heterocycles. The third kappa shape index (κ3) is 70.9. The first-order chi connectivity index (χ1) is 46.6. The Morgan fingerprint density at radius 3 is 0.732 bits per heavy atom. The molecule has 0 aromatic heterocycles. The minimum atomic E-state index is -4.96. The van der Waals surface area contributed by atoms with Crippen LogP contribution < -0.4 is 0 Å². The molecule has 0 radical (unpaired) electrons. The molecule has 3 N–H and O–H groups in total. The lowest BCUT2D eigenvalue weighted by Crippen LogP contribution is -2.30. The normalized spacial score (nSPS) is 14.4. The molecule has 17 nitrogen and oxygen atoms in total. The highest BCUT2D eigenvalue weighted by atomic mass is 31.2. The van der Waals surface area contributed by atoms with Crippen molar-refractivity contribution in [1.29, 1.82) is 0 Å². The van der Waals surface area contributed by atoms with E-state index in [2.05, 4.69) is 55.4 Å². The molecule has 0 heterocycles. The van der Waals surface area contributed by atoms with E-state index in [4.69, 9.17) is 37.0 Å². The van der Waals surface area contributed by atoms with Crippen molar-refractivity contribution in [2.24, 2.45) is 23.7 Å². The Hall–Kier alpha value is -1.94. The number of esters is 4. The molecule has 576 valence electrons. The van der Waals surface area contributed by atoms with Gasteiger partial charge >= 0.3 is 39.5 Å². The van der Waals surface area contributed by atoms with Crippen LogP contribution >= 0.6 is 15.6 Å². The van der Waals surface area contributed by atoms with E-state index < -0.39 is 97.5 Å². The van der Waals surface area contributed by atoms with Crippen molar-refractivity contribution in [1.82, 2.24) is 0 Å². The van der Waals surface area contributed by atoms with E-state index in [1.54, 1.807) is 0 Å². The van der Waals surface area contributed by atoms with Gasteiger partial charge in [-0.05, 0) is 49.4 Å². The van der Waals surface area contributed by atoms with Crippen molar-refractivity contribution in [3.8, 4) is 0 Å². The second-order valence-electron chi connectivity index (χ2n) is 29.8. The van der Waals surface area contributed by atoms with E-state index in [0.29, 0.717) is 31.6 Å². The van der Waals surface area contributed by atoms with Crippen molar-refractivity contribution in [2.75, 3.05) is 39.6 Å². The van der Waals surface area contributed by atoms with Crippen LogP contribution in [0.4, 0.5) is 0 Å². The lowest BCUT2D eigenvalue weighted by Gasteiger charge is -2.21. The molecule has 4 unspecified atom stereocenters. The summed E-state index contributed by atoms with van der Waals surface area (Å²) in [5.41, 5.74) is 0. The largest absolute Gasteiger partial charge is 0.472 e. The van der Waals surface area contributed by atoms with Gasteiger partial charge in [0.25, 0.3) is 0 Å². The summed E-state index contributed by atoms with van der Waals surface area (Å²) in [5, 5.41) is 10.6. The Morgan fingerprint density at radius 2 is 0.495 bits per heavy atom. The van der Waals surface area contributed by atoms with Crippen LogP contribution in [0.1, 0.15) is 396 Å². The van der Waals surface area contributed by atoms with Crippen LogP contribution in [0, 0.1) is 23.7 Å². The van der Waals surface area contributed by atoms with Gasteiger partial charge in [-0.15, -0.1) is 0 Å². The van der Waals surface area contributed by atoms with Crippen molar-refractivity contribution in [2.45, 2.75) is 414 Å². The average Bonchev–Trinajstić information content (AvgIpc) is 2.06. The molecule has 0 amide bonds. The summed E-state index contributed by atoms with van der Waals surface area (Å²) in [7, 11) is -9.92. The Morgan fingerprint density at radius 1 is 0.289 bits per heavy atom. The molecule has 0 aromatic rings. The predicted octanol–water partition coefficient (Wildman–Crippen LogP) is 22.8. The van der Waals surface area contributed by atoms with Gasteiger partial charge in [0.1, 0.15) is 19.3 Å². The van der Waals surface area contributed by atoms with Crippen LogP contribution in [-0.4, -0.2) is 96.7 Å². The second-order valence-corrected chi connectivity index (χ2v) is 32.7. The standard InChI is InChI=1S/C78H152O17P2/c1-9-71(8)57-49-41-33-25-18-14-10-11-15-19-26-34-42-50-58-75(80)88-64-73(94-77(82)60-52-44-35-27-20-16-12-13-17-23-30-38-46-54-68(2)3)66-92-96(84,85)90-62-72(79)63-91-97(86,87)93-67-74(65-89-76(81)59-51-43-37-29-32-40-48-56-70(6)7)95-78(83)61-53-45-36-28-22-21-24-31-39-47-55-69(4)5/h68-74,79H,9-67H2,1-8H3,(H,84,85)(H,86,87)/t71?,72?,73-,74-/m1/s1. The third-order valence-corrected chi connectivity index (χ3v) is 20.3. The summed E-state index contributed by atoms with van der Waals surface area (Å²) >= 11 is 0. The maximum Gasteiger partial charge on any atom is 0.472 e. The van der Waals surface area contributed by atoms with Gasteiger partial charge in [0, 0.05) is 25.7 Å². The number of ether oxygens (including phenoxy) is 4. The summed E-state index contributed by atoms with van der Waals surface area (Å²) in [5.74, 6) is 0.975. The van der Waals surface area contributed by atoms with Gasteiger partial charge < -0.3 is 33.8 Å². The topological polar surface area (TPSA) is 237 Å². The second kappa shape index (κ2) is 67.2. The summed E-state index contributed by atoms with van der Waals surface area (Å²) < 4.78 is 68.6. The summed E-state index contributed by atoms with van der Waals surface area (Å²) in [4.78, 5) is 72.9.